The van der Waals surface area contributed by atoms with Crippen molar-refractivity contribution >= 4 is 33.2 Å². The molecule has 0 fully saturated rings. The highest BCUT2D eigenvalue weighted by Gasteiger charge is 2.39. The number of nitrogens with zero attached hydrogens (tertiary/aromatic N) is 3. The van der Waals surface area contributed by atoms with E-state index in [1.165, 1.54) is 23.5 Å². The summed E-state index contributed by atoms with van der Waals surface area (Å²) in [6, 6.07) is 14.3. The molecule has 2 aromatic carbocycles. The number of carbonyl (C=O) groups is 1. The molecular weight excluding hydrogens is 413 g/mol. The SMILES string of the molecule is CCOC(=O)C1=C(C)N=C(C)C(C#N)C1c1cccc2sc(-c3ccc(F)cc3)nc12. The Hall–Kier alpha value is -3.37. The lowest BCUT2D eigenvalue weighted by Crippen LogP contribution is -2.29. The number of halogens is 1. The minimum atomic E-state index is -0.607. The summed E-state index contributed by atoms with van der Waals surface area (Å²) in [6.45, 7) is 5.55. The van der Waals surface area contributed by atoms with Gasteiger partial charge in [-0.15, -0.1) is 11.3 Å². The highest BCUT2D eigenvalue weighted by molar-refractivity contribution is 7.21. The van der Waals surface area contributed by atoms with E-state index in [0.717, 1.165) is 26.4 Å². The van der Waals surface area contributed by atoms with Gasteiger partial charge in [-0.3, -0.25) is 4.99 Å². The number of hydrogen-bond donors (Lipinski definition) is 0. The van der Waals surface area contributed by atoms with E-state index in [0.29, 0.717) is 17.0 Å². The molecule has 4 rings (SSSR count). The molecule has 0 aliphatic carbocycles. The quantitative estimate of drug-likeness (QED) is 0.499. The highest BCUT2D eigenvalue weighted by Crippen LogP contribution is 2.43. The van der Waals surface area contributed by atoms with Gasteiger partial charge in [-0.2, -0.15) is 5.26 Å². The molecule has 2 heterocycles. The van der Waals surface area contributed by atoms with Crippen LogP contribution in [0.1, 0.15) is 32.3 Å². The molecule has 31 heavy (non-hydrogen) atoms. The van der Waals surface area contributed by atoms with Crippen molar-refractivity contribution in [1.82, 2.24) is 4.98 Å². The molecule has 7 heteroatoms. The van der Waals surface area contributed by atoms with Gasteiger partial charge in [-0.05, 0) is 56.7 Å². The van der Waals surface area contributed by atoms with Gasteiger partial charge in [0.2, 0.25) is 0 Å². The van der Waals surface area contributed by atoms with Crippen LogP contribution in [0.15, 0.2) is 58.7 Å². The van der Waals surface area contributed by atoms with Crippen molar-refractivity contribution in [3.63, 3.8) is 0 Å². The van der Waals surface area contributed by atoms with Gasteiger partial charge in [0.25, 0.3) is 0 Å². The molecule has 0 N–H and O–H groups in total. The zero-order valence-electron chi connectivity index (χ0n) is 17.3. The number of para-hydroxylation sites is 1. The lowest BCUT2D eigenvalue weighted by Gasteiger charge is -2.29. The molecule has 2 atom stereocenters. The van der Waals surface area contributed by atoms with E-state index in [4.69, 9.17) is 9.72 Å². The third kappa shape index (κ3) is 3.75. The smallest absolute Gasteiger partial charge is 0.336 e. The summed E-state index contributed by atoms with van der Waals surface area (Å²) in [5.41, 5.74) is 3.92. The summed E-state index contributed by atoms with van der Waals surface area (Å²) in [5.74, 6) is -1.91. The predicted molar refractivity (Wildman–Crippen MR) is 119 cm³/mol. The largest absolute Gasteiger partial charge is 0.463 e. The first-order valence-electron chi connectivity index (χ1n) is 9.92. The lowest BCUT2D eigenvalue weighted by molar-refractivity contribution is -0.139. The molecule has 0 saturated carbocycles. The Morgan fingerprint density at radius 3 is 2.65 bits per heavy atom. The first kappa shape index (κ1) is 20.9. The van der Waals surface area contributed by atoms with Crippen LogP contribution in [-0.4, -0.2) is 23.3 Å². The van der Waals surface area contributed by atoms with Gasteiger partial charge in [-0.1, -0.05) is 12.1 Å². The fraction of sp³-hybridized carbons (Fsp3) is 0.250. The van der Waals surface area contributed by atoms with E-state index in [9.17, 15) is 14.4 Å². The second-order valence-electron chi connectivity index (χ2n) is 7.28. The van der Waals surface area contributed by atoms with Gasteiger partial charge in [0, 0.05) is 22.9 Å². The molecule has 2 unspecified atom stereocenters. The van der Waals surface area contributed by atoms with Crippen LogP contribution in [0.3, 0.4) is 0 Å². The summed E-state index contributed by atoms with van der Waals surface area (Å²) < 4.78 is 19.6. The Labute approximate surface area is 183 Å². The zero-order valence-corrected chi connectivity index (χ0v) is 18.2. The van der Waals surface area contributed by atoms with E-state index < -0.39 is 17.8 Å². The molecule has 5 nitrogen and oxygen atoms in total. The molecule has 0 amide bonds. The average Bonchev–Trinajstić information content (AvgIpc) is 3.18. The average molecular weight is 434 g/mol. The van der Waals surface area contributed by atoms with Crippen molar-refractivity contribution in [2.45, 2.75) is 26.7 Å². The van der Waals surface area contributed by atoms with Crippen LogP contribution in [0.4, 0.5) is 4.39 Å². The molecule has 0 radical (unpaired) electrons. The minimum absolute atomic E-state index is 0.234. The van der Waals surface area contributed by atoms with Crippen LogP contribution in [0.2, 0.25) is 0 Å². The fourth-order valence-corrected chi connectivity index (χ4v) is 4.96. The number of fused-ring (bicyclic) bond motifs is 1. The molecule has 1 aromatic heterocycles. The molecular formula is C24H20FN3O2S. The van der Waals surface area contributed by atoms with E-state index in [2.05, 4.69) is 11.1 Å². The highest BCUT2D eigenvalue weighted by atomic mass is 32.1. The maximum Gasteiger partial charge on any atom is 0.336 e. The minimum Gasteiger partial charge on any atom is -0.463 e. The standard InChI is InChI=1S/C24H20FN3O2S/c1-4-30-24(29)20-14(3)27-13(2)18(12-26)21(20)17-6-5-7-19-22(17)28-23(31-19)15-8-10-16(25)11-9-15/h5-11,18,21H,4H2,1-3H3. The second kappa shape index (κ2) is 8.40. The van der Waals surface area contributed by atoms with Crippen molar-refractivity contribution in [3.05, 3.63) is 65.1 Å². The number of aromatic nitrogens is 1. The Balaban J connectivity index is 1.91. The summed E-state index contributed by atoms with van der Waals surface area (Å²) in [5, 5.41) is 10.7. The summed E-state index contributed by atoms with van der Waals surface area (Å²) in [4.78, 5) is 22.1. The van der Waals surface area contributed by atoms with Crippen molar-refractivity contribution in [2.24, 2.45) is 10.9 Å². The number of allylic oxidation sites excluding steroid dienone is 1. The number of aliphatic imine (C=N–C) groups is 1. The summed E-state index contributed by atoms with van der Waals surface area (Å²) in [6.07, 6.45) is 0. The molecule has 1 aliphatic heterocycles. The molecule has 1 aliphatic rings. The molecule has 0 bridgehead atoms. The van der Waals surface area contributed by atoms with Crippen LogP contribution in [0.5, 0.6) is 0 Å². The number of hydrogen-bond acceptors (Lipinski definition) is 6. The maximum atomic E-state index is 13.3. The maximum absolute atomic E-state index is 13.3. The Morgan fingerprint density at radius 2 is 1.97 bits per heavy atom. The number of rotatable bonds is 4. The van der Waals surface area contributed by atoms with Crippen LogP contribution in [-0.2, 0) is 9.53 Å². The van der Waals surface area contributed by atoms with Crippen LogP contribution >= 0.6 is 11.3 Å². The topological polar surface area (TPSA) is 75.3 Å². The Morgan fingerprint density at radius 1 is 1.23 bits per heavy atom. The number of nitriles is 1. The Kier molecular flexibility index (Phi) is 5.66. The van der Waals surface area contributed by atoms with E-state index in [1.54, 1.807) is 32.9 Å². The van der Waals surface area contributed by atoms with Gasteiger partial charge < -0.3 is 4.74 Å². The molecule has 0 saturated heterocycles. The third-order valence-electron chi connectivity index (χ3n) is 5.34. The first-order chi connectivity index (χ1) is 14.9. The van der Waals surface area contributed by atoms with E-state index in [1.807, 2.05) is 18.2 Å². The summed E-state index contributed by atoms with van der Waals surface area (Å²) in [7, 11) is 0. The lowest BCUT2D eigenvalue weighted by atomic mass is 9.76. The van der Waals surface area contributed by atoms with Crippen molar-refractivity contribution < 1.29 is 13.9 Å². The summed E-state index contributed by atoms with van der Waals surface area (Å²) >= 11 is 1.49. The van der Waals surface area contributed by atoms with E-state index in [-0.39, 0.29) is 12.4 Å². The monoisotopic (exact) mass is 433 g/mol. The van der Waals surface area contributed by atoms with Gasteiger partial charge >= 0.3 is 5.97 Å². The van der Waals surface area contributed by atoms with Gasteiger partial charge in [0.15, 0.2) is 0 Å². The number of esters is 1. The van der Waals surface area contributed by atoms with Crippen LogP contribution < -0.4 is 0 Å². The first-order valence-corrected chi connectivity index (χ1v) is 10.7. The van der Waals surface area contributed by atoms with Gasteiger partial charge in [0.05, 0.1) is 34.4 Å². The van der Waals surface area contributed by atoms with Crippen molar-refractivity contribution in [3.8, 4) is 16.6 Å². The number of carbonyl (C=O) groups excluding carboxylic acids is 1. The second-order valence-corrected chi connectivity index (χ2v) is 8.31. The predicted octanol–water partition coefficient (Wildman–Crippen LogP) is 5.64. The van der Waals surface area contributed by atoms with Crippen LogP contribution in [0.25, 0.3) is 20.8 Å². The third-order valence-corrected chi connectivity index (χ3v) is 6.41. The van der Waals surface area contributed by atoms with Crippen molar-refractivity contribution in [2.75, 3.05) is 6.61 Å². The van der Waals surface area contributed by atoms with Crippen LogP contribution in [0, 0.1) is 23.1 Å². The number of thiazole rings is 1. The van der Waals surface area contributed by atoms with Gasteiger partial charge in [-0.25, -0.2) is 14.2 Å². The van der Waals surface area contributed by atoms with Gasteiger partial charge in [0.1, 0.15) is 10.8 Å². The molecule has 3 aromatic rings. The number of benzene rings is 2. The molecule has 0 spiro atoms. The normalized spacial score (nSPS) is 18.6. The van der Waals surface area contributed by atoms with Crippen molar-refractivity contribution in [1.29, 1.82) is 5.26 Å². The number of ether oxygens (including phenoxy) is 1. The fourth-order valence-electron chi connectivity index (χ4n) is 3.95. The molecule has 156 valence electrons. The zero-order chi connectivity index (χ0) is 22.1. The Bertz CT molecular complexity index is 1270. The van der Waals surface area contributed by atoms with E-state index >= 15 is 0 Å².